The van der Waals surface area contributed by atoms with Gasteiger partial charge in [-0.1, -0.05) is 50.3 Å². The number of hydrogen-bond acceptors (Lipinski definition) is 4. The van der Waals surface area contributed by atoms with Crippen LogP contribution in [-0.4, -0.2) is 23.2 Å². The van der Waals surface area contributed by atoms with Gasteiger partial charge in [0.25, 0.3) is 5.91 Å². The van der Waals surface area contributed by atoms with Gasteiger partial charge >= 0.3 is 0 Å². The summed E-state index contributed by atoms with van der Waals surface area (Å²) in [6, 6.07) is 14.4. The van der Waals surface area contributed by atoms with E-state index in [1.165, 1.54) is 4.90 Å². The van der Waals surface area contributed by atoms with Crippen molar-refractivity contribution in [2.45, 2.75) is 31.6 Å². The Morgan fingerprint density at radius 3 is 2.70 bits per heavy atom. The molecule has 0 saturated carbocycles. The van der Waals surface area contributed by atoms with Crippen molar-refractivity contribution in [2.24, 2.45) is 0 Å². The van der Waals surface area contributed by atoms with Crippen molar-refractivity contribution in [1.82, 2.24) is 10.3 Å². The fraction of sp³-hybridized carbons (Fsp3) is 0.250. The second kappa shape index (κ2) is 11.6. The van der Waals surface area contributed by atoms with Gasteiger partial charge in [0.05, 0.1) is 22.5 Å². The van der Waals surface area contributed by atoms with E-state index in [-0.39, 0.29) is 18.3 Å². The van der Waals surface area contributed by atoms with Crippen LogP contribution < -0.4 is 10.6 Å². The van der Waals surface area contributed by atoms with Gasteiger partial charge in [-0.15, -0.1) is 30.7 Å². The Morgan fingerprint density at radius 2 is 1.97 bits per heavy atom. The highest BCUT2D eigenvalue weighted by Crippen LogP contribution is 2.35. The van der Waals surface area contributed by atoms with E-state index in [2.05, 4.69) is 54.2 Å². The minimum absolute atomic E-state index is 0. The van der Waals surface area contributed by atoms with Gasteiger partial charge < -0.3 is 10.6 Å². The lowest BCUT2D eigenvalue weighted by molar-refractivity contribution is 0.0958. The number of rotatable bonds is 9. The number of aromatic nitrogens is 1. The van der Waals surface area contributed by atoms with E-state index >= 15 is 0 Å². The average Bonchev–Trinajstić information content (AvgIpc) is 2.76. The topological polar surface area (TPSA) is 54.0 Å². The molecule has 30 heavy (non-hydrogen) atoms. The largest absolute Gasteiger partial charge is 0.353 e. The first-order valence-electron chi connectivity index (χ1n) is 9.98. The number of pyridine rings is 1. The summed E-state index contributed by atoms with van der Waals surface area (Å²) in [5, 5.41) is 7.38. The van der Waals surface area contributed by atoms with Gasteiger partial charge in [-0.2, -0.15) is 0 Å². The number of benzene rings is 2. The summed E-state index contributed by atoms with van der Waals surface area (Å²) in [4.78, 5) is 18.6. The van der Waals surface area contributed by atoms with Crippen LogP contribution in [0.4, 0.5) is 11.4 Å². The molecule has 0 bridgehead atoms. The van der Waals surface area contributed by atoms with Crippen LogP contribution in [0.2, 0.25) is 0 Å². The lowest BCUT2D eigenvalue weighted by Gasteiger charge is -2.17. The zero-order chi connectivity index (χ0) is 20.6. The Balaban J connectivity index is 0.00000320. The minimum Gasteiger partial charge on any atom is -0.353 e. The highest BCUT2D eigenvalue weighted by Gasteiger charge is 2.17. The maximum absolute atomic E-state index is 12.8. The monoisotopic (exact) mass is 441 g/mol. The van der Waals surface area contributed by atoms with Crippen LogP contribution in [0.25, 0.3) is 10.9 Å². The van der Waals surface area contributed by atoms with Crippen molar-refractivity contribution in [3.63, 3.8) is 0 Å². The first kappa shape index (κ1) is 23.8. The molecule has 0 unspecified atom stereocenters. The molecule has 2 aromatic carbocycles. The smallest absolute Gasteiger partial charge is 0.255 e. The molecule has 1 aromatic heterocycles. The number of para-hydroxylation sites is 2. The third-order valence-electron chi connectivity index (χ3n) is 4.62. The molecule has 1 heterocycles. The molecule has 0 saturated heterocycles. The Bertz CT molecular complexity index is 1020. The summed E-state index contributed by atoms with van der Waals surface area (Å²) in [6.07, 6.45) is 5.33. The maximum atomic E-state index is 12.8. The van der Waals surface area contributed by atoms with E-state index in [4.69, 9.17) is 0 Å². The van der Waals surface area contributed by atoms with Crippen LogP contribution in [0.3, 0.4) is 0 Å². The van der Waals surface area contributed by atoms with Gasteiger partial charge in [-0.3, -0.25) is 9.78 Å². The summed E-state index contributed by atoms with van der Waals surface area (Å²) in [5.41, 5.74) is 4.41. The lowest BCUT2D eigenvalue weighted by atomic mass is 10.0. The zero-order valence-electron chi connectivity index (χ0n) is 17.4. The van der Waals surface area contributed by atoms with Gasteiger partial charge in [-0.25, -0.2) is 0 Å². The Morgan fingerprint density at radius 1 is 1.17 bits per heavy atom. The minimum atomic E-state index is -0.164. The van der Waals surface area contributed by atoms with E-state index in [1.807, 2.05) is 36.0 Å². The number of hydrogen-bond donors (Lipinski definition) is 2. The van der Waals surface area contributed by atoms with Crippen molar-refractivity contribution in [2.75, 3.05) is 17.6 Å². The molecular weight excluding hydrogens is 414 g/mol. The second-order valence-corrected chi connectivity index (χ2v) is 7.82. The summed E-state index contributed by atoms with van der Waals surface area (Å²) in [6.45, 7) is 8.38. The number of nitrogens with one attached hydrogen (secondary N) is 2. The number of fused-ring (bicyclic) bond motifs is 1. The van der Waals surface area contributed by atoms with Crippen molar-refractivity contribution >= 4 is 52.4 Å². The fourth-order valence-corrected chi connectivity index (χ4v) is 4.05. The normalized spacial score (nSPS) is 10.3. The van der Waals surface area contributed by atoms with E-state index in [0.717, 1.165) is 46.4 Å². The van der Waals surface area contributed by atoms with Crippen molar-refractivity contribution in [3.8, 4) is 0 Å². The van der Waals surface area contributed by atoms with Crippen LogP contribution >= 0.6 is 24.2 Å². The zero-order valence-corrected chi connectivity index (χ0v) is 19.0. The predicted molar refractivity (Wildman–Crippen MR) is 132 cm³/mol. The maximum Gasteiger partial charge on any atom is 0.255 e. The van der Waals surface area contributed by atoms with Crippen molar-refractivity contribution in [1.29, 1.82) is 0 Å². The standard InChI is InChI=1S/C24H27N3OS.ClH/c1-4-14-25-24(28)19-16-26-22-17(6-3)10-9-11-18(22)23(19)27-20-12-7-8-13-21(20)29-15-5-2;/h4,7-13,16H,1,5-6,14-15H2,2-3H3,(H,25,28)(H,26,27);1H. The molecule has 3 rings (SSSR count). The number of thioether (sulfide) groups is 1. The molecule has 0 atom stereocenters. The molecule has 2 N–H and O–H groups in total. The van der Waals surface area contributed by atoms with E-state index in [1.54, 1.807) is 12.3 Å². The molecule has 6 heteroatoms. The molecule has 158 valence electrons. The van der Waals surface area contributed by atoms with Gasteiger partial charge in [0.15, 0.2) is 0 Å². The van der Waals surface area contributed by atoms with Crippen molar-refractivity contribution in [3.05, 3.63) is 72.4 Å². The van der Waals surface area contributed by atoms with Crippen LogP contribution in [0.1, 0.15) is 36.2 Å². The van der Waals surface area contributed by atoms with Gasteiger partial charge in [0.2, 0.25) is 0 Å². The summed E-state index contributed by atoms with van der Waals surface area (Å²) in [5.74, 6) is 0.880. The van der Waals surface area contributed by atoms with Crippen LogP contribution in [0.5, 0.6) is 0 Å². The number of carbonyl (C=O) groups excluding carboxylic acids is 1. The first-order chi connectivity index (χ1) is 14.2. The summed E-state index contributed by atoms with van der Waals surface area (Å²) in [7, 11) is 0. The molecule has 0 aliphatic carbocycles. The van der Waals surface area contributed by atoms with Crippen LogP contribution in [-0.2, 0) is 6.42 Å². The molecule has 0 aliphatic heterocycles. The molecular formula is C24H28ClN3OS. The van der Waals surface area contributed by atoms with Gasteiger partial charge in [0.1, 0.15) is 0 Å². The average molecular weight is 442 g/mol. The number of amides is 1. The Hall–Kier alpha value is -2.50. The number of aryl methyl sites for hydroxylation is 1. The number of anilines is 2. The van der Waals surface area contributed by atoms with Crippen molar-refractivity contribution < 1.29 is 4.79 Å². The van der Waals surface area contributed by atoms with Gasteiger partial charge in [0, 0.05) is 23.0 Å². The van der Waals surface area contributed by atoms with Crippen LogP contribution in [0.15, 0.2) is 66.2 Å². The fourth-order valence-electron chi connectivity index (χ4n) is 3.18. The third kappa shape index (κ3) is 5.35. The van der Waals surface area contributed by atoms with Crippen LogP contribution in [0, 0.1) is 0 Å². The predicted octanol–water partition coefficient (Wildman–Crippen LogP) is 6.38. The molecule has 0 radical (unpaired) electrons. The highest BCUT2D eigenvalue weighted by molar-refractivity contribution is 7.99. The Labute approximate surface area is 189 Å². The summed E-state index contributed by atoms with van der Waals surface area (Å²) < 4.78 is 0. The molecule has 0 aliphatic rings. The molecule has 3 aromatic rings. The summed E-state index contributed by atoms with van der Waals surface area (Å²) >= 11 is 1.82. The molecule has 0 spiro atoms. The van der Waals surface area contributed by atoms with Gasteiger partial charge in [-0.05, 0) is 36.3 Å². The number of carbonyl (C=O) groups is 1. The molecule has 1 amide bonds. The third-order valence-corrected chi connectivity index (χ3v) is 5.90. The van der Waals surface area contributed by atoms with E-state index in [0.29, 0.717) is 12.1 Å². The first-order valence-corrected chi connectivity index (χ1v) is 11.0. The molecule has 4 nitrogen and oxygen atoms in total. The lowest BCUT2D eigenvalue weighted by Crippen LogP contribution is -2.24. The van der Waals surface area contributed by atoms with E-state index in [9.17, 15) is 4.79 Å². The quantitative estimate of drug-likeness (QED) is 0.298. The number of halogens is 1. The van der Waals surface area contributed by atoms with E-state index < -0.39 is 0 Å². The Kier molecular flexibility index (Phi) is 9.21. The second-order valence-electron chi connectivity index (χ2n) is 6.68. The highest BCUT2D eigenvalue weighted by atomic mass is 35.5. The molecule has 0 fully saturated rings. The number of nitrogens with zero attached hydrogens (tertiary/aromatic N) is 1. The SMILES string of the molecule is C=CCNC(=O)c1cnc2c(CC)cccc2c1Nc1ccccc1SCCC.Cl.